The molecule has 18 heavy (non-hydrogen) atoms. The largest absolute Gasteiger partial charge is 0.395 e. The number of hydrogen-bond donors (Lipinski definition) is 2. The highest BCUT2D eigenvalue weighted by Crippen LogP contribution is 1.99. The number of nitrogens with zero attached hydrogens (tertiary/aromatic N) is 2. The van der Waals surface area contributed by atoms with E-state index in [4.69, 9.17) is 0 Å². The van der Waals surface area contributed by atoms with Crippen LogP contribution in [0, 0.1) is 0 Å². The van der Waals surface area contributed by atoms with E-state index in [0.29, 0.717) is 0 Å². The molecule has 0 aliphatic rings. The topological polar surface area (TPSA) is 48.4 Å². The Bertz CT molecular complexity index is 305. The second-order valence-corrected chi connectivity index (χ2v) is 4.70. The maximum Gasteiger partial charge on any atom is 0.0597 e. The summed E-state index contributed by atoms with van der Waals surface area (Å²) in [6.45, 7) is 5.16. The molecule has 1 heterocycles. The molecule has 4 nitrogen and oxygen atoms in total. The number of aromatic nitrogens is 1. The van der Waals surface area contributed by atoms with Crippen molar-refractivity contribution in [2.45, 2.75) is 25.8 Å². The third kappa shape index (κ3) is 6.10. The van der Waals surface area contributed by atoms with Crippen LogP contribution in [0.25, 0.3) is 0 Å². The lowest BCUT2D eigenvalue weighted by molar-refractivity contribution is 0.199. The molecule has 1 aromatic heterocycles. The molecule has 1 rings (SSSR count). The summed E-state index contributed by atoms with van der Waals surface area (Å²) in [6, 6.07) is 4.27. The number of hydrogen-bond acceptors (Lipinski definition) is 4. The second-order valence-electron chi connectivity index (χ2n) is 4.70. The van der Waals surface area contributed by atoms with E-state index >= 15 is 0 Å². The van der Waals surface area contributed by atoms with Crippen molar-refractivity contribution in [1.82, 2.24) is 15.2 Å². The lowest BCUT2D eigenvalue weighted by Gasteiger charge is -2.23. The van der Waals surface area contributed by atoms with Gasteiger partial charge in [-0.15, -0.1) is 0 Å². The summed E-state index contributed by atoms with van der Waals surface area (Å²) in [7, 11) is 2.09. The molecule has 102 valence electrons. The molecule has 0 bridgehead atoms. The van der Waals surface area contributed by atoms with Crippen molar-refractivity contribution in [1.29, 1.82) is 0 Å². The quantitative estimate of drug-likeness (QED) is 0.685. The van der Waals surface area contributed by atoms with E-state index in [2.05, 4.69) is 29.2 Å². The van der Waals surface area contributed by atoms with Crippen LogP contribution < -0.4 is 5.32 Å². The number of nitrogens with one attached hydrogen (secondary N) is 1. The maximum atomic E-state index is 9.29. The summed E-state index contributed by atoms with van der Waals surface area (Å²) >= 11 is 0. The lowest BCUT2D eigenvalue weighted by atomic mass is 10.2. The Hall–Kier alpha value is -0.970. The summed E-state index contributed by atoms with van der Waals surface area (Å²) in [5.41, 5.74) is 1.30. The van der Waals surface area contributed by atoms with Crippen LogP contribution in [0.4, 0.5) is 0 Å². The van der Waals surface area contributed by atoms with Gasteiger partial charge in [-0.3, -0.25) is 4.98 Å². The highest BCUT2D eigenvalue weighted by molar-refractivity contribution is 5.09. The first-order chi connectivity index (χ1) is 8.76. The molecule has 4 heteroatoms. The minimum atomic E-state index is 0.174. The van der Waals surface area contributed by atoms with Crippen LogP contribution in [0.15, 0.2) is 24.5 Å². The minimum absolute atomic E-state index is 0.174. The van der Waals surface area contributed by atoms with Crippen LogP contribution in [-0.4, -0.2) is 54.3 Å². The average molecular weight is 251 g/mol. The van der Waals surface area contributed by atoms with E-state index < -0.39 is 0 Å². The van der Waals surface area contributed by atoms with E-state index in [0.717, 1.165) is 32.5 Å². The van der Waals surface area contributed by atoms with Gasteiger partial charge in [-0.25, -0.2) is 0 Å². The molecule has 1 atom stereocenters. The molecule has 0 aliphatic heterocycles. The Kier molecular flexibility index (Phi) is 7.57. The Morgan fingerprint density at radius 3 is 2.72 bits per heavy atom. The molecule has 1 unspecified atom stereocenters. The molecule has 0 aliphatic carbocycles. The molecule has 0 saturated carbocycles. The first-order valence-electron chi connectivity index (χ1n) is 6.68. The fourth-order valence-corrected chi connectivity index (χ4v) is 1.87. The van der Waals surface area contributed by atoms with Crippen LogP contribution >= 0.6 is 0 Å². The van der Waals surface area contributed by atoms with Crippen molar-refractivity contribution < 1.29 is 5.11 Å². The van der Waals surface area contributed by atoms with Gasteiger partial charge < -0.3 is 15.3 Å². The number of likely N-dealkylation sites (N-methyl/N-ethyl adjacent to an activating group) is 1. The van der Waals surface area contributed by atoms with E-state index in [9.17, 15) is 5.11 Å². The van der Waals surface area contributed by atoms with E-state index in [1.54, 1.807) is 0 Å². The summed E-state index contributed by atoms with van der Waals surface area (Å²) in [5, 5.41) is 12.6. The molecular weight excluding hydrogens is 226 g/mol. The van der Waals surface area contributed by atoms with Gasteiger partial charge in [0.05, 0.1) is 6.61 Å². The summed E-state index contributed by atoms with van der Waals surface area (Å²) in [4.78, 5) is 6.27. The first-order valence-corrected chi connectivity index (χ1v) is 6.68. The van der Waals surface area contributed by atoms with Gasteiger partial charge in [0.2, 0.25) is 0 Å². The Morgan fingerprint density at radius 1 is 1.39 bits per heavy atom. The van der Waals surface area contributed by atoms with Gasteiger partial charge >= 0.3 is 0 Å². The van der Waals surface area contributed by atoms with E-state index in [-0.39, 0.29) is 12.6 Å². The molecule has 2 N–H and O–H groups in total. The Balaban J connectivity index is 2.25. The predicted octanol–water partition coefficient (Wildman–Crippen LogP) is 0.916. The summed E-state index contributed by atoms with van der Waals surface area (Å²) in [6.07, 6.45) is 5.77. The standard InChI is InChI=1S/C14H25N3O/c1-3-7-16-14(12-18)11-17(2)10-6-13-4-8-15-9-5-13/h4-5,8-9,14,16,18H,3,6-7,10-12H2,1-2H3. The van der Waals surface area contributed by atoms with Crippen molar-refractivity contribution >= 4 is 0 Å². The Morgan fingerprint density at radius 2 is 2.11 bits per heavy atom. The molecule has 0 saturated heterocycles. The van der Waals surface area contributed by atoms with Crippen molar-refractivity contribution in [3.63, 3.8) is 0 Å². The Labute approximate surface area is 110 Å². The van der Waals surface area contributed by atoms with Gasteiger partial charge in [0.1, 0.15) is 0 Å². The zero-order valence-electron chi connectivity index (χ0n) is 11.5. The molecule has 0 fully saturated rings. The molecular formula is C14H25N3O. The number of aliphatic hydroxyl groups is 1. The van der Waals surface area contributed by atoms with Crippen LogP contribution in [-0.2, 0) is 6.42 Å². The van der Waals surface area contributed by atoms with Gasteiger partial charge in [-0.1, -0.05) is 6.92 Å². The van der Waals surface area contributed by atoms with E-state index in [1.807, 2.05) is 24.5 Å². The van der Waals surface area contributed by atoms with Crippen molar-refractivity contribution in [2.24, 2.45) is 0 Å². The van der Waals surface area contributed by atoms with E-state index in [1.165, 1.54) is 5.56 Å². The zero-order chi connectivity index (χ0) is 13.2. The normalized spacial score (nSPS) is 12.9. The first kappa shape index (κ1) is 15.1. The molecule has 0 radical (unpaired) electrons. The maximum absolute atomic E-state index is 9.29. The number of rotatable bonds is 9. The van der Waals surface area contributed by atoms with Gasteiger partial charge in [-0.2, -0.15) is 0 Å². The number of pyridine rings is 1. The number of aliphatic hydroxyl groups excluding tert-OH is 1. The molecule has 0 aromatic carbocycles. The highest BCUT2D eigenvalue weighted by Gasteiger charge is 2.09. The SMILES string of the molecule is CCCNC(CO)CN(C)CCc1ccncc1. The average Bonchev–Trinajstić information content (AvgIpc) is 2.42. The highest BCUT2D eigenvalue weighted by atomic mass is 16.3. The lowest BCUT2D eigenvalue weighted by Crippen LogP contribution is -2.42. The monoisotopic (exact) mass is 251 g/mol. The van der Waals surface area contributed by atoms with Crippen LogP contribution in [0.5, 0.6) is 0 Å². The van der Waals surface area contributed by atoms with Crippen LogP contribution in [0.2, 0.25) is 0 Å². The summed E-state index contributed by atoms with van der Waals surface area (Å²) in [5.74, 6) is 0. The fourth-order valence-electron chi connectivity index (χ4n) is 1.87. The minimum Gasteiger partial charge on any atom is -0.395 e. The van der Waals surface area contributed by atoms with Crippen LogP contribution in [0.1, 0.15) is 18.9 Å². The molecule has 0 amide bonds. The van der Waals surface area contributed by atoms with Crippen LogP contribution in [0.3, 0.4) is 0 Å². The molecule has 0 spiro atoms. The predicted molar refractivity (Wildman–Crippen MR) is 74.6 cm³/mol. The third-order valence-electron chi connectivity index (χ3n) is 2.97. The zero-order valence-corrected chi connectivity index (χ0v) is 11.5. The van der Waals surface area contributed by atoms with Gasteiger partial charge in [-0.05, 0) is 44.1 Å². The second kappa shape index (κ2) is 9.03. The summed E-state index contributed by atoms with van der Waals surface area (Å²) < 4.78 is 0. The third-order valence-corrected chi connectivity index (χ3v) is 2.97. The smallest absolute Gasteiger partial charge is 0.0597 e. The van der Waals surface area contributed by atoms with Crippen molar-refractivity contribution in [3.8, 4) is 0 Å². The fraction of sp³-hybridized carbons (Fsp3) is 0.643. The van der Waals surface area contributed by atoms with Crippen molar-refractivity contribution in [3.05, 3.63) is 30.1 Å². The van der Waals surface area contributed by atoms with Gasteiger partial charge in [0, 0.05) is 31.5 Å². The van der Waals surface area contributed by atoms with Gasteiger partial charge in [0.15, 0.2) is 0 Å². The van der Waals surface area contributed by atoms with Gasteiger partial charge in [0.25, 0.3) is 0 Å². The molecule has 1 aromatic rings. The van der Waals surface area contributed by atoms with Crippen molar-refractivity contribution in [2.75, 3.05) is 33.3 Å².